The zero-order valence-electron chi connectivity index (χ0n) is 14.6. The van der Waals surface area contributed by atoms with Gasteiger partial charge in [-0.1, -0.05) is 65.5 Å². The summed E-state index contributed by atoms with van der Waals surface area (Å²) >= 11 is 0. The monoisotopic (exact) mass is 446 g/mol. The number of hydrogen-bond donors (Lipinski definition) is 0. The summed E-state index contributed by atoms with van der Waals surface area (Å²) < 4.78 is 0. The SMILES string of the molecule is C[Si]1(C)S[Si](C)([Si]2(C)S[Si](C)(C)[Si](C)(C)S2)S[Si]1(C)C. The number of rotatable bonds is 1. The van der Waals surface area contributed by atoms with Crippen LogP contribution in [0.2, 0.25) is 65.5 Å². The predicted octanol–water partition coefficient (Wildman–Crippen LogP) is 6.15. The van der Waals surface area contributed by atoms with Crippen molar-refractivity contribution in [2.75, 3.05) is 0 Å². The molecule has 0 N–H and O–H groups in total. The van der Waals surface area contributed by atoms with Crippen LogP contribution in [0.1, 0.15) is 0 Å². The molecule has 0 atom stereocenters. The molecule has 2 aliphatic heterocycles. The molecule has 0 radical (unpaired) electrons. The Morgan fingerprint density at radius 3 is 0.650 bits per heavy atom. The minimum Gasteiger partial charge on any atom is -0.198 e. The van der Waals surface area contributed by atoms with E-state index >= 15 is 0 Å². The second-order valence-electron chi connectivity index (χ2n) is 8.34. The molecule has 0 unspecified atom stereocenters. The van der Waals surface area contributed by atoms with Gasteiger partial charge in [0.15, 0.2) is 11.8 Å². The molecule has 2 aliphatic rings. The van der Waals surface area contributed by atoms with Crippen molar-refractivity contribution in [2.45, 2.75) is 65.5 Å². The van der Waals surface area contributed by atoms with E-state index in [0.29, 0.717) is 0 Å². The van der Waals surface area contributed by atoms with Crippen LogP contribution in [-0.2, 0) is 0 Å². The predicted molar refractivity (Wildman–Crippen MR) is 124 cm³/mol. The Morgan fingerprint density at radius 1 is 0.350 bits per heavy atom. The van der Waals surface area contributed by atoms with Gasteiger partial charge in [-0.3, -0.25) is 0 Å². The average Bonchev–Trinajstić information content (AvgIpc) is 2.38. The van der Waals surface area contributed by atoms with Crippen molar-refractivity contribution in [3.8, 4) is 0 Å². The summed E-state index contributed by atoms with van der Waals surface area (Å²) in [4.78, 5) is 0. The van der Waals surface area contributed by atoms with Crippen LogP contribution in [0.15, 0.2) is 0 Å². The maximum Gasteiger partial charge on any atom is 0.173 e. The lowest BCUT2D eigenvalue weighted by Gasteiger charge is -2.37. The first-order valence-corrected chi connectivity index (χ1v) is 36.4. The lowest BCUT2D eigenvalue weighted by atomic mass is 11.9. The highest BCUT2D eigenvalue weighted by Gasteiger charge is 2.71. The van der Waals surface area contributed by atoms with Crippen molar-refractivity contribution in [2.24, 2.45) is 0 Å². The molecule has 0 amide bonds. The van der Waals surface area contributed by atoms with Crippen LogP contribution in [-0.4, -0.2) is 38.7 Å². The van der Waals surface area contributed by atoms with E-state index < -0.39 is 38.7 Å². The molecule has 2 fully saturated rings. The highest BCUT2D eigenvalue weighted by Crippen LogP contribution is 2.68. The normalized spacial score (nSPS) is 35.1. The molecule has 118 valence electrons. The zero-order chi connectivity index (χ0) is 15.8. The topological polar surface area (TPSA) is 0 Å². The van der Waals surface area contributed by atoms with Crippen LogP contribution >= 0.6 is 42.6 Å². The maximum atomic E-state index is 2.80. The second-order valence-corrected chi connectivity index (χ2v) is 88.1. The molecule has 2 saturated heterocycles. The Labute approximate surface area is 145 Å². The van der Waals surface area contributed by atoms with Gasteiger partial charge in [0.2, 0.25) is 0 Å². The fourth-order valence-electron chi connectivity index (χ4n) is 2.85. The summed E-state index contributed by atoms with van der Waals surface area (Å²) in [6.07, 6.45) is 0. The van der Waals surface area contributed by atoms with Gasteiger partial charge in [0.05, 0.1) is 0 Å². The molecule has 0 spiro atoms. The largest absolute Gasteiger partial charge is 0.198 e. The van der Waals surface area contributed by atoms with E-state index in [1.807, 2.05) is 0 Å². The summed E-state index contributed by atoms with van der Waals surface area (Å²) in [7, 11) is 10.6. The lowest BCUT2D eigenvalue weighted by molar-refractivity contribution is 1.94. The van der Waals surface area contributed by atoms with Crippen LogP contribution in [0, 0.1) is 0 Å². The third-order valence-corrected chi connectivity index (χ3v) is 153. The van der Waals surface area contributed by atoms with Gasteiger partial charge in [-0.2, -0.15) is 42.6 Å². The van der Waals surface area contributed by atoms with Crippen LogP contribution in [0.3, 0.4) is 0 Å². The first kappa shape index (κ1) is 19.0. The summed E-state index contributed by atoms with van der Waals surface area (Å²) in [6.45, 7) is 23.2. The van der Waals surface area contributed by atoms with Crippen molar-refractivity contribution in [3.63, 3.8) is 0 Å². The maximum absolute atomic E-state index is 2.80. The molecule has 2 heterocycles. The molecule has 0 nitrogen and oxygen atoms in total. The van der Waals surface area contributed by atoms with Gasteiger partial charge in [-0.15, -0.1) is 0 Å². The van der Waals surface area contributed by atoms with Crippen LogP contribution < -0.4 is 0 Å². The lowest BCUT2D eigenvalue weighted by Crippen LogP contribution is -2.49. The Morgan fingerprint density at radius 2 is 0.500 bits per heavy atom. The molecule has 20 heavy (non-hydrogen) atoms. The molecule has 10 heteroatoms. The molecule has 0 saturated carbocycles. The second kappa shape index (κ2) is 5.10. The van der Waals surface area contributed by atoms with E-state index in [1.54, 1.807) is 0 Å². The molecule has 0 aromatic carbocycles. The standard InChI is InChI=1S/C10H30S4Si6/c1-15(2)11-19(9,12-16(15,3)4)20(10)13-17(5,6)18(7,8)14-20/h1-10H3. The summed E-state index contributed by atoms with van der Waals surface area (Å²) in [6, 6.07) is 0. The van der Waals surface area contributed by atoms with Gasteiger partial charge >= 0.3 is 0 Å². The zero-order valence-corrected chi connectivity index (χ0v) is 23.9. The highest BCUT2D eigenvalue weighted by molar-refractivity contribution is 9.05. The fraction of sp³-hybridized carbons (Fsp3) is 1.00. The Bertz CT molecular complexity index is 363. The van der Waals surface area contributed by atoms with Gasteiger partial charge in [0.25, 0.3) is 0 Å². The smallest absolute Gasteiger partial charge is 0.173 e. The van der Waals surface area contributed by atoms with Crippen LogP contribution in [0.4, 0.5) is 0 Å². The van der Waals surface area contributed by atoms with Gasteiger partial charge < -0.3 is 0 Å². The first-order chi connectivity index (χ1) is 8.58. The molecular formula is C10H30S4Si6. The van der Waals surface area contributed by atoms with Gasteiger partial charge in [-0.05, 0) is 0 Å². The van der Waals surface area contributed by atoms with Gasteiger partial charge in [-0.25, -0.2) is 0 Å². The Balaban J connectivity index is 2.39. The van der Waals surface area contributed by atoms with E-state index in [-0.39, 0.29) is 0 Å². The van der Waals surface area contributed by atoms with Crippen LogP contribution in [0.5, 0.6) is 0 Å². The van der Waals surface area contributed by atoms with Gasteiger partial charge in [0.1, 0.15) is 27.0 Å². The minimum atomic E-state index is -1.13. The van der Waals surface area contributed by atoms with Crippen molar-refractivity contribution in [1.29, 1.82) is 0 Å². The summed E-state index contributed by atoms with van der Waals surface area (Å²) in [5.41, 5.74) is 0. The van der Waals surface area contributed by atoms with Crippen molar-refractivity contribution in [3.05, 3.63) is 0 Å². The molecular weight excluding hydrogens is 417 g/mol. The summed E-state index contributed by atoms with van der Waals surface area (Å²) in [5.74, 6) is -2.27. The molecule has 0 aromatic heterocycles. The van der Waals surface area contributed by atoms with E-state index in [4.69, 9.17) is 0 Å². The van der Waals surface area contributed by atoms with Crippen molar-refractivity contribution < 1.29 is 0 Å². The van der Waals surface area contributed by atoms with E-state index in [9.17, 15) is 0 Å². The highest BCUT2D eigenvalue weighted by atomic mass is 32.9. The van der Waals surface area contributed by atoms with Crippen molar-refractivity contribution in [1.82, 2.24) is 0 Å². The number of hydrogen-bond acceptors (Lipinski definition) is 4. The third-order valence-electron chi connectivity index (χ3n) is 5.52. The fourth-order valence-corrected chi connectivity index (χ4v) is 264. The third kappa shape index (κ3) is 2.79. The first-order valence-electron chi connectivity index (χ1n) is 7.38. The van der Waals surface area contributed by atoms with Crippen molar-refractivity contribution >= 4 is 81.4 Å². The average molecular weight is 447 g/mol. The Kier molecular flexibility index (Phi) is 4.85. The molecule has 0 aliphatic carbocycles. The molecule has 0 bridgehead atoms. The quantitative estimate of drug-likeness (QED) is 0.443. The van der Waals surface area contributed by atoms with E-state index in [1.165, 1.54) is 0 Å². The molecule has 2 rings (SSSR count). The van der Waals surface area contributed by atoms with E-state index in [0.717, 1.165) is 0 Å². The molecule has 0 aromatic rings. The summed E-state index contributed by atoms with van der Waals surface area (Å²) in [5, 5.41) is 0. The van der Waals surface area contributed by atoms with E-state index in [2.05, 4.69) is 108 Å². The van der Waals surface area contributed by atoms with Gasteiger partial charge in [0, 0.05) is 0 Å². The van der Waals surface area contributed by atoms with Crippen LogP contribution in [0.25, 0.3) is 0 Å². The Hall–Kier alpha value is 2.70. The minimum absolute atomic E-state index is 0.991.